The van der Waals surface area contributed by atoms with Gasteiger partial charge in [-0.25, -0.2) is 0 Å². The molecule has 1 rings (SSSR count). The van der Waals surface area contributed by atoms with E-state index in [9.17, 15) is 9.59 Å². The fourth-order valence-corrected chi connectivity index (χ4v) is 3.22. The highest BCUT2D eigenvalue weighted by Crippen LogP contribution is 2.27. The summed E-state index contributed by atoms with van der Waals surface area (Å²) in [4.78, 5) is 25.0. The van der Waals surface area contributed by atoms with Gasteiger partial charge in [0.05, 0.1) is 5.25 Å². The summed E-state index contributed by atoms with van der Waals surface area (Å²) in [7, 11) is 0. The lowest BCUT2D eigenvalue weighted by molar-refractivity contribution is -0.140. The highest BCUT2D eigenvalue weighted by Gasteiger charge is 2.39. The van der Waals surface area contributed by atoms with Gasteiger partial charge in [-0.15, -0.1) is 11.8 Å². The van der Waals surface area contributed by atoms with Crippen molar-refractivity contribution in [3.8, 4) is 0 Å². The maximum absolute atomic E-state index is 12.0. The number of hydrogen-bond donors (Lipinski definition) is 0. The summed E-state index contributed by atoms with van der Waals surface area (Å²) < 4.78 is 0. The maximum Gasteiger partial charge on any atom is 0.243 e. The Kier molecular flexibility index (Phi) is 6.03. The average molecular weight is 257 g/mol. The highest BCUT2D eigenvalue weighted by molar-refractivity contribution is 8.00. The Balaban J connectivity index is 2.31. The lowest BCUT2D eigenvalue weighted by atomic mass is 10.2. The van der Waals surface area contributed by atoms with Gasteiger partial charge in [-0.05, 0) is 26.0 Å². The third-order valence-corrected chi connectivity index (χ3v) is 4.27. The van der Waals surface area contributed by atoms with Crippen LogP contribution in [0.3, 0.4) is 0 Å². The monoisotopic (exact) mass is 257 g/mol. The molecule has 0 radical (unpaired) electrons. The number of rotatable bonds is 7. The van der Waals surface area contributed by atoms with Gasteiger partial charge >= 0.3 is 0 Å². The molecule has 1 fully saturated rings. The Hall–Kier alpha value is -0.510. The van der Waals surface area contributed by atoms with Crippen LogP contribution in [-0.2, 0) is 9.59 Å². The Morgan fingerprint density at radius 2 is 2.00 bits per heavy atom. The second kappa shape index (κ2) is 7.04. The average Bonchev–Trinajstić information content (AvgIpc) is 2.53. The number of thioether (sulfide) groups is 1. The number of carbonyl (C=O) groups excluding carboxylic acids is 2. The van der Waals surface area contributed by atoms with Crippen LogP contribution in [0.2, 0.25) is 0 Å². The highest BCUT2D eigenvalue weighted by atomic mass is 32.2. The van der Waals surface area contributed by atoms with Crippen molar-refractivity contribution in [2.75, 3.05) is 5.75 Å². The number of hydrogen-bond acceptors (Lipinski definition) is 3. The van der Waals surface area contributed by atoms with Crippen LogP contribution in [0, 0.1) is 0 Å². The quantitative estimate of drug-likeness (QED) is 0.520. The van der Waals surface area contributed by atoms with Crippen molar-refractivity contribution < 1.29 is 9.59 Å². The first-order chi connectivity index (χ1) is 8.07. The third kappa shape index (κ3) is 4.02. The molecular weight excluding hydrogens is 234 g/mol. The van der Waals surface area contributed by atoms with Crippen LogP contribution < -0.4 is 0 Å². The second-order valence-corrected chi connectivity index (χ2v) is 6.13. The zero-order chi connectivity index (χ0) is 12.8. The van der Waals surface area contributed by atoms with Crippen LogP contribution in [-0.4, -0.2) is 33.8 Å². The lowest BCUT2D eigenvalue weighted by Gasteiger charge is -2.18. The summed E-state index contributed by atoms with van der Waals surface area (Å²) >= 11 is 1.66. The molecule has 0 saturated carbocycles. The number of carbonyl (C=O) groups is 2. The minimum Gasteiger partial charge on any atom is -0.279 e. The van der Waals surface area contributed by atoms with Gasteiger partial charge in [0.15, 0.2) is 0 Å². The van der Waals surface area contributed by atoms with Gasteiger partial charge in [0.25, 0.3) is 0 Å². The normalized spacial score (nSPS) is 20.7. The van der Waals surface area contributed by atoms with Crippen LogP contribution in [0.4, 0.5) is 0 Å². The number of imide groups is 1. The van der Waals surface area contributed by atoms with Crippen molar-refractivity contribution in [1.29, 1.82) is 0 Å². The summed E-state index contributed by atoms with van der Waals surface area (Å²) in [6, 6.07) is 0.000640. The topological polar surface area (TPSA) is 37.4 Å². The van der Waals surface area contributed by atoms with E-state index in [0.717, 1.165) is 12.2 Å². The molecule has 0 aliphatic carbocycles. The predicted octanol–water partition coefficient (Wildman–Crippen LogP) is 2.84. The molecule has 1 unspecified atom stereocenters. The number of unbranched alkanes of at least 4 members (excludes halogenated alkanes) is 3. The van der Waals surface area contributed by atoms with Crippen LogP contribution in [0.1, 0.15) is 52.9 Å². The molecule has 1 aliphatic rings. The first kappa shape index (κ1) is 14.6. The SMILES string of the molecule is CCCCCCSC1CC(=O)N(C(C)C)C1=O. The summed E-state index contributed by atoms with van der Waals surface area (Å²) in [6.45, 7) is 5.97. The molecule has 0 spiro atoms. The molecule has 3 nitrogen and oxygen atoms in total. The van der Waals surface area contributed by atoms with E-state index in [4.69, 9.17) is 0 Å². The fraction of sp³-hybridized carbons (Fsp3) is 0.846. The maximum atomic E-state index is 12.0. The molecule has 1 saturated heterocycles. The Morgan fingerprint density at radius 1 is 1.29 bits per heavy atom. The molecule has 98 valence electrons. The summed E-state index contributed by atoms with van der Waals surface area (Å²) in [5, 5.41) is -0.119. The van der Waals surface area contributed by atoms with E-state index in [1.165, 1.54) is 24.2 Å². The molecule has 4 heteroatoms. The van der Waals surface area contributed by atoms with Crippen molar-refractivity contribution in [2.24, 2.45) is 0 Å². The summed E-state index contributed by atoms with van der Waals surface area (Å²) in [6.07, 6.45) is 5.27. The molecular formula is C13H23NO2S. The van der Waals surface area contributed by atoms with Gasteiger partial charge in [-0.1, -0.05) is 26.2 Å². The third-order valence-electron chi connectivity index (χ3n) is 2.97. The molecule has 2 amide bonds. The van der Waals surface area contributed by atoms with Crippen molar-refractivity contribution in [3.05, 3.63) is 0 Å². The van der Waals surface area contributed by atoms with E-state index in [0.29, 0.717) is 6.42 Å². The number of likely N-dealkylation sites (tertiary alicyclic amines) is 1. The molecule has 17 heavy (non-hydrogen) atoms. The van der Waals surface area contributed by atoms with Gasteiger partial charge in [-0.3, -0.25) is 14.5 Å². The van der Waals surface area contributed by atoms with Crippen LogP contribution in [0.25, 0.3) is 0 Å². The van der Waals surface area contributed by atoms with Crippen molar-refractivity contribution >= 4 is 23.6 Å². The first-order valence-corrected chi connectivity index (χ1v) is 7.60. The molecule has 1 aliphatic heterocycles. The zero-order valence-corrected chi connectivity index (χ0v) is 11.9. The minimum atomic E-state index is -0.119. The van der Waals surface area contributed by atoms with E-state index in [2.05, 4.69) is 6.92 Å². The van der Waals surface area contributed by atoms with Crippen LogP contribution in [0.5, 0.6) is 0 Å². The van der Waals surface area contributed by atoms with E-state index >= 15 is 0 Å². The molecule has 1 heterocycles. The lowest BCUT2D eigenvalue weighted by Crippen LogP contribution is -2.37. The number of nitrogens with zero attached hydrogens (tertiary/aromatic N) is 1. The fourth-order valence-electron chi connectivity index (χ4n) is 2.05. The van der Waals surface area contributed by atoms with Gasteiger partial charge in [-0.2, -0.15) is 0 Å². The van der Waals surface area contributed by atoms with E-state index in [1.807, 2.05) is 13.8 Å². The van der Waals surface area contributed by atoms with E-state index < -0.39 is 0 Å². The Labute approximate surface area is 108 Å². The molecule has 0 N–H and O–H groups in total. The van der Waals surface area contributed by atoms with Gasteiger partial charge < -0.3 is 0 Å². The van der Waals surface area contributed by atoms with Gasteiger partial charge in [0.1, 0.15) is 0 Å². The van der Waals surface area contributed by atoms with Crippen molar-refractivity contribution in [3.63, 3.8) is 0 Å². The van der Waals surface area contributed by atoms with Gasteiger partial charge in [0, 0.05) is 12.5 Å². The first-order valence-electron chi connectivity index (χ1n) is 6.55. The second-order valence-electron chi connectivity index (χ2n) is 4.82. The van der Waals surface area contributed by atoms with Crippen LogP contribution in [0.15, 0.2) is 0 Å². The summed E-state index contributed by atoms with van der Waals surface area (Å²) in [5.74, 6) is 1.01. The Morgan fingerprint density at radius 3 is 2.53 bits per heavy atom. The molecule has 0 bridgehead atoms. The zero-order valence-electron chi connectivity index (χ0n) is 11.1. The number of amides is 2. The Bertz CT molecular complexity index is 279. The van der Waals surface area contributed by atoms with Crippen LogP contribution >= 0.6 is 11.8 Å². The summed E-state index contributed by atoms with van der Waals surface area (Å²) in [5.41, 5.74) is 0. The minimum absolute atomic E-state index is 0.000640. The smallest absolute Gasteiger partial charge is 0.243 e. The molecule has 1 atom stereocenters. The molecule has 0 aromatic heterocycles. The largest absolute Gasteiger partial charge is 0.279 e. The molecule has 0 aromatic carbocycles. The van der Waals surface area contributed by atoms with Crippen molar-refractivity contribution in [2.45, 2.75) is 64.2 Å². The van der Waals surface area contributed by atoms with Gasteiger partial charge in [0.2, 0.25) is 11.8 Å². The molecule has 0 aromatic rings. The van der Waals surface area contributed by atoms with E-state index in [1.54, 1.807) is 11.8 Å². The standard InChI is InChI=1S/C13H23NO2S/c1-4-5-6-7-8-17-11-9-12(15)14(10(2)3)13(11)16/h10-11H,4-9H2,1-3H3. The predicted molar refractivity (Wildman–Crippen MR) is 72.0 cm³/mol. The van der Waals surface area contributed by atoms with Crippen molar-refractivity contribution in [1.82, 2.24) is 4.90 Å². The van der Waals surface area contributed by atoms with E-state index in [-0.39, 0.29) is 23.1 Å².